The van der Waals surface area contributed by atoms with Gasteiger partial charge in [0.1, 0.15) is 6.61 Å². The van der Waals surface area contributed by atoms with E-state index in [9.17, 15) is 9.59 Å². The van der Waals surface area contributed by atoms with Crippen molar-refractivity contribution in [3.63, 3.8) is 0 Å². The molecule has 0 unspecified atom stereocenters. The molecule has 1 N–H and O–H groups in total. The van der Waals surface area contributed by atoms with Crippen LogP contribution in [0, 0.1) is 5.92 Å². The highest BCUT2D eigenvalue weighted by atomic mass is 32.1. The second-order valence-electron chi connectivity index (χ2n) is 4.94. The number of thiophene rings is 1. The summed E-state index contributed by atoms with van der Waals surface area (Å²) in [4.78, 5) is 26.1. The van der Waals surface area contributed by atoms with Gasteiger partial charge in [-0.05, 0) is 30.2 Å². The fourth-order valence-electron chi connectivity index (χ4n) is 2.33. The van der Waals surface area contributed by atoms with Gasteiger partial charge in [0, 0.05) is 26.7 Å². The number of likely N-dealkylation sites (tertiary alicyclic amines) is 1. The highest BCUT2D eigenvalue weighted by Crippen LogP contribution is 2.17. The van der Waals surface area contributed by atoms with Crippen molar-refractivity contribution in [3.05, 3.63) is 22.4 Å². The second kappa shape index (κ2) is 7.40. The average molecular weight is 296 g/mol. The number of carbonyl (C=O) groups is 2. The number of amides is 2. The van der Waals surface area contributed by atoms with Gasteiger partial charge in [0.2, 0.25) is 5.91 Å². The Morgan fingerprint density at radius 1 is 1.45 bits per heavy atom. The van der Waals surface area contributed by atoms with Crippen molar-refractivity contribution in [1.82, 2.24) is 10.2 Å². The third-order valence-corrected chi connectivity index (χ3v) is 4.40. The summed E-state index contributed by atoms with van der Waals surface area (Å²) in [5.41, 5.74) is 0. The van der Waals surface area contributed by atoms with Gasteiger partial charge < -0.3 is 15.0 Å². The van der Waals surface area contributed by atoms with Crippen LogP contribution in [0.3, 0.4) is 0 Å². The third-order valence-electron chi connectivity index (χ3n) is 3.53. The first-order valence-corrected chi connectivity index (χ1v) is 7.67. The SMILES string of the molecule is COCC(=O)N1CCC(CNC(=O)c2cccs2)CC1. The van der Waals surface area contributed by atoms with Crippen molar-refractivity contribution in [2.75, 3.05) is 33.4 Å². The van der Waals surface area contributed by atoms with Crippen LogP contribution in [0.5, 0.6) is 0 Å². The summed E-state index contributed by atoms with van der Waals surface area (Å²) in [5.74, 6) is 0.497. The first-order valence-electron chi connectivity index (χ1n) is 6.79. The van der Waals surface area contributed by atoms with Gasteiger partial charge in [-0.25, -0.2) is 0 Å². The number of methoxy groups -OCH3 is 1. The van der Waals surface area contributed by atoms with Crippen LogP contribution in [0.25, 0.3) is 0 Å². The van der Waals surface area contributed by atoms with Gasteiger partial charge in [-0.15, -0.1) is 11.3 Å². The maximum absolute atomic E-state index is 11.8. The second-order valence-corrected chi connectivity index (χ2v) is 5.89. The summed E-state index contributed by atoms with van der Waals surface area (Å²) in [6, 6.07) is 3.70. The Labute approximate surface area is 122 Å². The molecular formula is C14H20N2O3S. The number of ether oxygens (including phenoxy) is 1. The van der Waals surface area contributed by atoms with E-state index in [-0.39, 0.29) is 18.4 Å². The molecule has 2 amide bonds. The smallest absolute Gasteiger partial charge is 0.261 e. The molecule has 0 radical (unpaired) electrons. The van der Waals surface area contributed by atoms with E-state index in [1.165, 1.54) is 18.4 Å². The van der Waals surface area contributed by atoms with E-state index < -0.39 is 0 Å². The molecule has 2 heterocycles. The minimum absolute atomic E-state index is 0.00195. The van der Waals surface area contributed by atoms with E-state index in [1.807, 2.05) is 22.4 Å². The molecule has 0 bridgehead atoms. The van der Waals surface area contributed by atoms with E-state index in [0.717, 1.165) is 30.8 Å². The first-order chi connectivity index (χ1) is 9.70. The molecule has 1 saturated heterocycles. The van der Waals surface area contributed by atoms with Gasteiger partial charge in [-0.2, -0.15) is 0 Å². The van der Waals surface area contributed by atoms with E-state index >= 15 is 0 Å². The zero-order valence-corrected chi connectivity index (χ0v) is 12.4. The number of rotatable bonds is 5. The minimum Gasteiger partial charge on any atom is -0.375 e. The van der Waals surface area contributed by atoms with Crippen molar-refractivity contribution in [2.24, 2.45) is 5.92 Å². The molecule has 1 aromatic heterocycles. The summed E-state index contributed by atoms with van der Waals surface area (Å²) in [6.45, 7) is 2.34. The van der Waals surface area contributed by atoms with Gasteiger partial charge in [0.15, 0.2) is 0 Å². The van der Waals surface area contributed by atoms with Crippen molar-refractivity contribution >= 4 is 23.2 Å². The number of carbonyl (C=O) groups excluding carboxylic acids is 2. The van der Waals surface area contributed by atoms with Crippen LogP contribution in [0.1, 0.15) is 22.5 Å². The summed E-state index contributed by atoms with van der Waals surface area (Å²) in [6.07, 6.45) is 1.86. The molecule has 0 saturated carbocycles. The Balaban J connectivity index is 1.69. The minimum atomic E-state index is -0.00195. The number of nitrogens with one attached hydrogen (secondary N) is 1. The number of piperidine rings is 1. The summed E-state index contributed by atoms with van der Waals surface area (Å²) >= 11 is 1.45. The van der Waals surface area contributed by atoms with E-state index in [0.29, 0.717) is 12.5 Å². The third kappa shape index (κ3) is 4.05. The molecule has 5 nitrogen and oxygen atoms in total. The fourth-order valence-corrected chi connectivity index (χ4v) is 2.97. The molecular weight excluding hydrogens is 276 g/mol. The topological polar surface area (TPSA) is 58.6 Å². The standard InChI is InChI=1S/C14H20N2O3S/c1-19-10-13(17)16-6-4-11(5-7-16)9-15-14(18)12-3-2-8-20-12/h2-3,8,11H,4-7,9-10H2,1H3,(H,15,18). The number of nitrogens with zero attached hydrogens (tertiary/aromatic N) is 1. The molecule has 0 aromatic carbocycles. The van der Waals surface area contributed by atoms with Crippen LogP contribution in [-0.4, -0.2) is 50.1 Å². The normalized spacial score (nSPS) is 16.1. The van der Waals surface area contributed by atoms with Gasteiger partial charge in [0.25, 0.3) is 5.91 Å². The van der Waals surface area contributed by atoms with Crippen molar-refractivity contribution in [1.29, 1.82) is 0 Å². The summed E-state index contributed by atoms with van der Waals surface area (Å²) < 4.78 is 4.86. The lowest BCUT2D eigenvalue weighted by atomic mass is 9.96. The quantitative estimate of drug-likeness (QED) is 0.892. The predicted molar refractivity (Wildman–Crippen MR) is 77.8 cm³/mol. The van der Waals surface area contributed by atoms with Crippen LogP contribution in [0.4, 0.5) is 0 Å². The summed E-state index contributed by atoms with van der Waals surface area (Å²) in [5, 5.41) is 4.86. The molecule has 1 fully saturated rings. The van der Waals surface area contributed by atoms with Gasteiger partial charge >= 0.3 is 0 Å². The van der Waals surface area contributed by atoms with Crippen LogP contribution in [-0.2, 0) is 9.53 Å². The van der Waals surface area contributed by atoms with Crippen molar-refractivity contribution in [2.45, 2.75) is 12.8 Å². The van der Waals surface area contributed by atoms with Crippen molar-refractivity contribution in [3.8, 4) is 0 Å². The highest BCUT2D eigenvalue weighted by molar-refractivity contribution is 7.12. The molecule has 1 aromatic rings. The lowest BCUT2D eigenvalue weighted by Crippen LogP contribution is -2.42. The van der Waals surface area contributed by atoms with Gasteiger partial charge in [0.05, 0.1) is 4.88 Å². The molecule has 2 rings (SSSR count). The van der Waals surface area contributed by atoms with Gasteiger partial charge in [-0.1, -0.05) is 6.07 Å². The largest absolute Gasteiger partial charge is 0.375 e. The average Bonchev–Trinajstić information content (AvgIpc) is 3.00. The molecule has 6 heteroatoms. The molecule has 0 spiro atoms. The number of hydrogen-bond donors (Lipinski definition) is 1. The monoisotopic (exact) mass is 296 g/mol. The number of hydrogen-bond acceptors (Lipinski definition) is 4. The molecule has 0 aliphatic carbocycles. The van der Waals surface area contributed by atoms with Crippen LogP contribution in [0.15, 0.2) is 17.5 Å². The van der Waals surface area contributed by atoms with E-state index in [1.54, 1.807) is 0 Å². The molecule has 1 aliphatic heterocycles. The maximum Gasteiger partial charge on any atom is 0.261 e. The Hall–Kier alpha value is -1.40. The van der Waals surface area contributed by atoms with Crippen LogP contribution < -0.4 is 5.32 Å². The van der Waals surface area contributed by atoms with E-state index in [4.69, 9.17) is 4.74 Å². The predicted octanol–water partition coefficient (Wildman–Crippen LogP) is 1.36. The Kier molecular flexibility index (Phi) is 5.55. The molecule has 110 valence electrons. The van der Waals surface area contributed by atoms with E-state index in [2.05, 4.69) is 5.32 Å². The molecule has 1 aliphatic rings. The summed E-state index contributed by atoms with van der Waals surface area (Å²) in [7, 11) is 1.53. The lowest BCUT2D eigenvalue weighted by molar-refractivity contribution is -0.136. The fraction of sp³-hybridized carbons (Fsp3) is 0.571. The van der Waals surface area contributed by atoms with Gasteiger partial charge in [-0.3, -0.25) is 9.59 Å². The van der Waals surface area contributed by atoms with Crippen LogP contribution in [0.2, 0.25) is 0 Å². The lowest BCUT2D eigenvalue weighted by Gasteiger charge is -2.31. The molecule has 20 heavy (non-hydrogen) atoms. The highest BCUT2D eigenvalue weighted by Gasteiger charge is 2.22. The Morgan fingerprint density at radius 2 is 2.20 bits per heavy atom. The first kappa shape index (κ1) is 15.0. The Bertz CT molecular complexity index is 439. The molecule has 0 atom stereocenters. The maximum atomic E-state index is 11.8. The van der Waals surface area contributed by atoms with Crippen molar-refractivity contribution < 1.29 is 14.3 Å². The van der Waals surface area contributed by atoms with Crippen LogP contribution >= 0.6 is 11.3 Å². The zero-order chi connectivity index (χ0) is 14.4. The zero-order valence-electron chi connectivity index (χ0n) is 11.6. The Morgan fingerprint density at radius 3 is 2.80 bits per heavy atom.